The van der Waals surface area contributed by atoms with Gasteiger partial charge in [-0.1, -0.05) is 12.1 Å². The van der Waals surface area contributed by atoms with Gasteiger partial charge in [0, 0.05) is 32.3 Å². The summed E-state index contributed by atoms with van der Waals surface area (Å²) in [4.78, 5) is 14.3. The van der Waals surface area contributed by atoms with E-state index in [-0.39, 0.29) is 5.91 Å². The minimum atomic E-state index is -0.164. The molecule has 1 aromatic heterocycles. The molecule has 3 rings (SSSR count). The van der Waals surface area contributed by atoms with E-state index in [1.165, 1.54) is 6.08 Å². The number of hydrogen-bond donors (Lipinski definition) is 1. The number of nitrogens with one attached hydrogen (secondary N) is 1. The Morgan fingerprint density at radius 1 is 1.26 bits per heavy atom. The normalized spacial score (nSPS) is 15.1. The van der Waals surface area contributed by atoms with Gasteiger partial charge in [-0.3, -0.25) is 9.69 Å². The zero-order chi connectivity index (χ0) is 18.9. The lowest BCUT2D eigenvalue weighted by atomic mass is 10.2. The highest BCUT2D eigenvalue weighted by Crippen LogP contribution is 2.13. The Kier molecular flexibility index (Phi) is 7.07. The van der Waals surface area contributed by atoms with Gasteiger partial charge < -0.3 is 19.2 Å². The summed E-state index contributed by atoms with van der Waals surface area (Å²) in [5.74, 6) is 2.14. The molecule has 0 saturated carbocycles. The van der Waals surface area contributed by atoms with Crippen LogP contribution >= 0.6 is 0 Å². The number of amides is 1. The molecule has 0 bridgehead atoms. The predicted octanol–water partition coefficient (Wildman–Crippen LogP) is 2.63. The van der Waals surface area contributed by atoms with Crippen molar-refractivity contribution in [3.8, 4) is 5.75 Å². The van der Waals surface area contributed by atoms with Gasteiger partial charge in [-0.25, -0.2) is 0 Å². The monoisotopic (exact) mass is 370 g/mol. The van der Waals surface area contributed by atoms with E-state index in [1.807, 2.05) is 43.3 Å². The maximum Gasteiger partial charge on any atom is 0.244 e. The van der Waals surface area contributed by atoms with Crippen molar-refractivity contribution in [2.75, 3.05) is 39.5 Å². The van der Waals surface area contributed by atoms with E-state index in [9.17, 15) is 4.79 Å². The summed E-state index contributed by atoms with van der Waals surface area (Å²) in [6.07, 6.45) is 3.13. The first-order valence-corrected chi connectivity index (χ1v) is 9.23. The average molecular weight is 370 g/mol. The van der Waals surface area contributed by atoms with Gasteiger partial charge in [-0.15, -0.1) is 0 Å². The van der Waals surface area contributed by atoms with Crippen LogP contribution in [-0.4, -0.2) is 50.3 Å². The molecule has 0 radical (unpaired) electrons. The zero-order valence-corrected chi connectivity index (χ0v) is 15.6. The molecule has 0 spiro atoms. The van der Waals surface area contributed by atoms with Crippen molar-refractivity contribution in [2.24, 2.45) is 0 Å². The van der Waals surface area contributed by atoms with Crippen LogP contribution < -0.4 is 10.1 Å². The number of rotatable bonds is 8. The molecule has 1 aliphatic heterocycles. The van der Waals surface area contributed by atoms with Crippen molar-refractivity contribution in [3.05, 3.63) is 59.6 Å². The van der Waals surface area contributed by atoms with Crippen LogP contribution in [-0.2, 0) is 16.1 Å². The smallest absolute Gasteiger partial charge is 0.244 e. The molecular weight excluding hydrogens is 344 g/mol. The van der Waals surface area contributed by atoms with Crippen LogP contribution in [0.3, 0.4) is 0 Å². The van der Waals surface area contributed by atoms with Crippen molar-refractivity contribution in [1.29, 1.82) is 0 Å². The van der Waals surface area contributed by atoms with E-state index >= 15 is 0 Å². The molecule has 0 unspecified atom stereocenters. The molecule has 1 aliphatic rings. The van der Waals surface area contributed by atoms with Crippen LogP contribution in [0.5, 0.6) is 5.75 Å². The average Bonchev–Trinajstić information content (AvgIpc) is 3.11. The van der Waals surface area contributed by atoms with E-state index in [0.29, 0.717) is 18.9 Å². The van der Waals surface area contributed by atoms with Crippen LogP contribution in [0.25, 0.3) is 6.08 Å². The third kappa shape index (κ3) is 6.58. The Hall–Kier alpha value is -2.57. The lowest BCUT2D eigenvalue weighted by molar-refractivity contribution is -0.116. The van der Waals surface area contributed by atoms with Gasteiger partial charge in [0.25, 0.3) is 0 Å². The van der Waals surface area contributed by atoms with Crippen molar-refractivity contribution in [2.45, 2.75) is 13.5 Å². The van der Waals surface area contributed by atoms with Crippen molar-refractivity contribution in [3.63, 3.8) is 0 Å². The Balaban J connectivity index is 1.41. The second kappa shape index (κ2) is 9.94. The standard InChI is InChI=1S/C21H26N2O4/c1-17-5-6-19(27-17)7-8-21(24)22-16-18-3-2-4-20(15-18)26-14-11-23-9-12-25-13-10-23/h2-8,15H,9-14,16H2,1H3,(H,22,24)/b8-7+. The second-order valence-electron chi connectivity index (χ2n) is 6.45. The molecule has 6 heteroatoms. The van der Waals surface area contributed by atoms with Crippen molar-refractivity contribution >= 4 is 12.0 Å². The Labute approximate surface area is 159 Å². The first kappa shape index (κ1) is 19.2. The molecule has 1 aromatic carbocycles. The van der Waals surface area contributed by atoms with Crippen LogP contribution in [0.4, 0.5) is 0 Å². The maximum absolute atomic E-state index is 11.9. The molecule has 27 heavy (non-hydrogen) atoms. The number of benzene rings is 1. The van der Waals surface area contributed by atoms with Gasteiger partial charge >= 0.3 is 0 Å². The maximum atomic E-state index is 11.9. The summed E-state index contributed by atoms with van der Waals surface area (Å²) in [6, 6.07) is 11.5. The number of morpholine rings is 1. The van der Waals surface area contributed by atoms with Crippen LogP contribution in [0.1, 0.15) is 17.1 Å². The largest absolute Gasteiger partial charge is 0.492 e. The number of carbonyl (C=O) groups excluding carboxylic acids is 1. The molecule has 1 N–H and O–H groups in total. The molecule has 1 amide bonds. The van der Waals surface area contributed by atoms with E-state index in [1.54, 1.807) is 6.08 Å². The zero-order valence-electron chi connectivity index (χ0n) is 15.6. The molecule has 2 aromatic rings. The summed E-state index contributed by atoms with van der Waals surface area (Å²) < 4.78 is 16.6. The SMILES string of the molecule is Cc1ccc(/C=C/C(=O)NCc2cccc(OCCN3CCOCC3)c2)o1. The van der Waals surface area contributed by atoms with E-state index < -0.39 is 0 Å². The highest BCUT2D eigenvalue weighted by Gasteiger charge is 2.09. The summed E-state index contributed by atoms with van der Waals surface area (Å²) >= 11 is 0. The van der Waals surface area contributed by atoms with E-state index in [2.05, 4.69) is 10.2 Å². The molecule has 0 aliphatic carbocycles. The predicted molar refractivity (Wildman–Crippen MR) is 104 cm³/mol. The van der Waals surface area contributed by atoms with Gasteiger partial charge in [0.2, 0.25) is 5.91 Å². The van der Waals surface area contributed by atoms with E-state index in [4.69, 9.17) is 13.9 Å². The molecule has 1 fully saturated rings. The Morgan fingerprint density at radius 2 is 2.11 bits per heavy atom. The first-order chi connectivity index (χ1) is 13.2. The molecule has 2 heterocycles. The van der Waals surface area contributed by atoms with Gasteiger partial charge in [-0.05, 0) is 42.8 Å². The fourth-order valence-corrected chi connectivity index (χ4v) is 2.81. The highest BCUT2D eigenvalue weighted by atomic mass is 16.5. The van der Waals surface area contributed by atoms with Crippen molar-refractivity contribution < 1.29 is 18.7 Å². The number of carbonyl (C=O) groups is 1. The third-order valence-corrected chi connectivity index (χ3v) is 4.31. The summed E-state index contributed by atoms with van der Waals surface area (Å²) in [7, 11) is 0. The topological polar surface area (TPSA) is 63.9 Å². The quantitative estimate of drug-likeness (QED) is 0.724. The van der Waals surface area contributed by atoms with Gasteiger partial charge in [0.1, 0.15) is 23.9 Å². The van der Waals surface area contributed by atoms with Gasteiger partial charge in [0.15, 0.2) is 0 Å². The highest BCUT2D eigenvalue weighted by molar-refractivity contribution is 5.91. The van der Waals surface area contributed by atoms with Crippen LogP contribution in [0.15, 0.2) is 46.9 Å². The molecule has 1 saturated heterocycles. The number of ether oxygens (including phenoxy) is 2. The number of furan rings is 1. The molecule has 6 nitrogen and oxygen atoms in total. The lowest BCUT2D eigenvalue weighted by Gasteiger charge is -2.26. The van der Waals surface area contributed by atoms with Gasteiger partial charge in [0.05, 0.1) is 13.2 Å². The fraction of sp³-hybridized carbons (Fsp3) is 0.381. The van der Waals surface area contributed by atoms with Gasteiger partial charge in [-0.2, -0.15) is 0 Å². The second-order valence-corrected chi connectivity index (χ2v) is 6.45. The first-order valence-electron chi connectivity index (χ1n) is 9.23. The third-order valence-electron chi connectivity index (χ3n) is 4.31. The van der Waals surface area contributed by atoms with E-state index in [0.717, 1.165) is 49.9 Å². The Bertz CT molecular complexity index is 763. The number of nitrogens with zero attached hydrogens (tertiary/aromatic N) is 1. The Morgan fingerprint density at radius 3 is 2.89 bits per heavy atom. The summed E-state index contributed by atoms with van der Waals surface area (Å²) in [5, 5.41) is 2.87. The van der Waals surface area contributed by atoms with Crippen LogP contribution in [0.2, 0.25) is 0 Å². The van der Waals surface area contributed by atoms with Crippen LogP contribution in [0, 0.1) is 6.92 Å². The number of aryl methyl sites for hydroxylation is 1. The molecular formula is C21H26N2O4. The molecule has 0 atom stereocenters. The minimum Gasteiger partial charge on any atom is -0.492 e. The summed E-state index contributed by atoms with van der Waals surface area (Å²) in [5.41, 5.74) is 0.995. The fourth-order valence-electron chi connectivity index (χ4n) is 2.81. The summed E-state index contributed by atoms with van der Waals surface area (Å²) in [6.45, 7) is 7.35. The lowest BCUT2D eigenvalue weighted by Crippen LogP contribution is -2.38. The molecule has 144 valence electrons. The minimum absolute atomic E-state index is 0.164. The number of hydrogen-bond acceptors (Lipinski definition) is 5. The van der Waals surface area contributed by atoms with Crippen molar-refractivity contribution in [1.82, 2.24) is 10.2 Å².